The average molecular weight is 483 g/mol. The van der Waals surface area contributed by atoms with Crippen molar-refractivity contribution in [2.24, 2.45) is 0 Å². The monoisotopic (exact) mass is 482 g/mol. The molecule has 2 fully saturated rings. The van der Waals surface area contributed by atoms with E-state index in [-0.39, 0.29) is 5.57 Å². The number of sulfonamides is 1. The Hall–Kier alpha value is -2.08. The molecule has 0 radical (unpaired) electrons. The standard InChI is InChI=1S/C21H30N4O7S/c1-13(14-3-5-15(6-4-14)25-9-7-24(2)8-10-25)17(11-22)33(30,31)23-18-20(28)19(27)16(12-26)32-21(18)29/h3-6,16,18-21,23,26-29H,7-10,12H2,1-2H3/b17-13+/t16-,18-,19-,20-,21?/m1/s1. The molecule has 182 valence electrons. The summed E-state index contributed by atoms with van der Waals surface area (Å²) in [4.78, 5) is 3.87. The summed E-state index contributed by atoms with van der Waals surface area (Å²) in [6.45, 7) is 4.46. The largest absolute Gasteiger partial charge is 0.394 e. The van der Waals surface area contributed by atoms with Gasteiger partial charge in [0, 0.05) is 31.9 Å². The molecule has 2 aliphatic heterocycles. The van der Waals surface area contributed by atoms with Crippen LogP contribution in [0.1, 0.15) is 12.5 Å². The Labute approximate surface area is 193 Å². The van der Waals surface area contributed by atoms with Crippen molar-refractivity contribution < 1.29 is 33.6 Å². The number of nitriles is 1. The first-order chi connectivity index (χ1) is 15.6. The number of benzene rings is 1. The number of aliphatic hydroxyl groups excluding tert-OH is 4. The lowest BCUT2D eigenvalue weighted by atomic mass is 9.98. The van der Waals surface area contributed by atoms with Crippen LogP contribution < -0.4 is 9.62 Å². The van der Waals surface area contributed by atoms with E-state index in [9.17, 15) is 29.0 Å². The number of allylic oxidation sites excluding steroid dienone is 2. The van der Waals surface area contributed by atoms with E-state index in [1.54, 1.807) is 18.2 Å². The molecule has 0 saturated carbocycles. The third-order valence-corrected chi connectivity index (χ3v) is 7.59. The van der Waals surface area contributed by atoms with Crippen molar-refractivity contribution >= 4 is 21.3 Å². The van der Waals surface area contributed by atoms with Crippen molar-refractivity contribution in [3.63, 3.8) is 0 Å². The van der Waals surface area contributed by atoms with E-state index < -0.39 is 52.2 Å². The number of piperazine rings is 1. The van der Waals surface area contributed by atoms with E-state index in [1.807, 2.05) is 12.1 Å². The molecule has 0 aliphatic carbocycles. The third-order valence-electron chi connectivity index (χ3n) is 6.07. The molecule has 33 heavy (non-hydrogen) atoms. The van der Waals surface area contributed by atoms with Gasteiger partial charge in [0.1, 0.15) is 30.4 Å². The van der Waals surface area contributed by atoms with Crippen LogP contribution in [0.3, 0.4) is 0 Å². The molecule has 0 amide bonds. The molecule has 2 heterocycles. The van der Waals surface area contributed by atoms with Crippen LogP contribution in [0, 0.1) is 11.3 Å². The first kappa shape index (κ1) is 25.5. The number of rotatable bonds is 6. The van der Waals surface area contributed by atoms with E-state index >= 15 is 0 Å². The van der Waals surface area contributed by atoms with Crippen molar-refractivity contribution in [3.05, 3.63) is 34.7 Å². The first-order valence-electron chi connectivity index (χ1n) is 10.6. The summed E-state index contributed by atoms with van der Waals surface area (Å²) in [6, 6.07) is 7.25. The van der Waals surface area contributed by atoms with Crippen LogP contribution in [0.4, 0.5) is 5.69 Å². The SMILES string of the molecule is C/C(=C(/C#N)S(=O)(=O)N[C@H]1C(O)O[C@H](CO)[C@@H](O)[C@@H]1O)c1ccc(N2CCN(C)CC2)cc1. The van der Waals surface area contributed by atoms with Crippen LogP contribution in [-0.4, -0.2) is 104 Å². The average Bonchev–Trinajstić information content (AvgIpc) is 2.80. The van der Waals surface area contributed by atoms with Gasteiger partial charge in [-0.15, -0.1) is 0 Å². The van der Waals surface area contributed by atoms with Crippen LogP contribution >= 0.6 is 0 Å². The fourth-order valence-corrected chi connectivity index (χ4v) is 5.30. The molecule has 2 aliphatic rings. The Morgan fingerprint density at radius 3 is 2.30 bits per heavy atom. The zero-order valence-electron chi connectivity index (χ0n) is 18.5. The smallest absolute Gasteiger partial charge is 0.251 e. The molecule has 1 aromatic carbocycles. The molecule has 5 N–H and O–H groups in total. The van der Waals surface area contributed by atoms with Gasteiger partial charge >= 0.3 is 0 Å². The second-order valence-corrected chi connectivity index (χ2v) is 9.93. The number of likely N-dealkylation sites (N-methyl/N-ethyl adjacent to an activating group) is 1. The van der Waals surface area contributed by atoms with Gasteiger partial charge in [-0.25, -0.2) is 8.42 Å². The Morgan fingerprint density at radius 1 is 1.15 bits per heavy atom. The Kier molecular flexibility index (Phi) is 8.09. The van der Waals surface area contributed by atoms with Gasteiger partial charge in [-0.2, -0.15) is 9.98 Å². The quantitative estimate of drug-likeness (QED) is 0.298. The van der Waals surface area contributed by atoms with E-state index in [1.165, 1.54) is 6.92 Å². The van der Waals surface area contributed by atoms with E-state index in [4.69, 9.17) is 9.84 Å². The maximum atomic E-state index is 12.9. The Balaban J connectivity index is 1.81. The van der Waals surface area contributed by atoms with Gasteiger partial charge < -0.3 is 35.0 Å². The summed E-state index contributed by atoms with van der Waals surface area (Å²) in [5, 5.41) is 49.0. The lowest BCUT2D eigenvalue weighted by molar-refractivity contribution is -0.251. The second kappa shape index (κ2) is 10.5. The number of nitrogens with one attached hydrogen (secondary N) is 1. The minimum atomic E-state index is -4.49. The van der Waals surface area contributed by atoms with Gasteiger partial charge in [-0.05, 0) is 37.2 Å². The molecule has 0 bridgehead atoms. The van der Waals surface area contributed by atoms with E-state index in [2.05, 4.69) is 21.6 Å². The first-order valence-corrected chi connectivity index (χ1v) is 12.0. The number of nitrogens with zero attached hydrogens (tertiary/aromatic N) is 3. The highest BCUT2D eigenvalue weighted by Crippen LogP contribution is 2.26. The Bertz CT molecular complexity index is 1000. The summed E-state index contributed by atoms with van der Waals surface area (Å²) in [6.07, 6.45) is -6.51. The van der Waals surface area contributed by atoms with Crippen LogP contribution in [0.5, 0.6) is 0 Å². The Morgan fingerprint density at radius 2 is 1.76 bits per heavy atom. The molecule has 0 aromatic heterocycles. The molecular formula is C21H30N4O7S. The van der Waals surface area contributed by atoms with Crippen molar-refractivity contribution in [2.75, 3.05) is 44.7 Å². The molecule has 12 heteroatoms. The molecule has 2 saturated heterocycles. The minimum absolute atomic E-state index is 0.185. The van der Waals surface area contributed by atoms with Gasteiger partial charge in [0.25, 0.3) is 10.0 Å². The normalized spacial score (nSPS) is 30.0. The fourth-order valence-electron chi connectivity index (χ4n) is 3.93. The van der Waals surface area contributed by atoms with Crippen LogP contribution in [-0.2, 0) is 14.8 Å². The highest BCUT2D eigenvalue weighted by molar-refractivity contribution is 7.93. The number of anilines is 1. The molecular weight excluding hydrogens is 452 g/mol. The van der Waals surface area contributed by atoms with Gasteiger partial charge in [0.15, 0.2) is 11.2 Å². The van der Waals surface area contributed by atoms with Gasteiger partial charge in [0.2, 0.25) is 0 Å². The molecule has 1 aromatic rings. The zero-order valence-corrected chi connectivity index (χ0v) is 19.3. The van der Waals surface area contributed by atoms with Crippen molar-refractivity contribution in [3.8, 4) is 6.07 Å². The molecule has 1 unspecified atom stereocenters. The minimum Gasteiger partial charge on any atom is -0.394 e. The summed E-state index contributed by atoms with van der Waals surface area (Å²) >= 11 is 0. The van der Waals surface area contributed by atoms with Crippen LogP contribution in [0.25, 0.3) is 5.57 Å². The second-order valence-electron chi connectivity index (χ2n) is 8.28. The molecule has 0 spiro atoms. The van der Waals surface area contributed by atoms with Crippen LogP contribution in [0.15, 0.2) is 29.2 Å². The third kappa shape index (κ3) is 5.53. The lowest BCUT2D eigenvalue weighted by Crippen LogP contribution is -2.64. The summed E-state index contributed by atoms with van der Waals surface area (Å²) in [5.41, 5.74) is 1.71. The lowest BCUT2D eigenvalue weighted by Gasteiger charge is -2.40. The van der Waals surface area contributed by atoms with Gasteiger partial charge in [0.05, 0.1) is 6.61 Å². The molecule has 5 atom stereocenters. The predicted molar refractivity (Wildman–Crippen MR) is 120 cm³/mol. The number of hydrogen-bond donors (Lipinski definition) is 5. The van der Waals surface area contributed by atoms with Crippen molar-refractivity contribution in [2.45, 2.75) is 37.6 Å². The predicted octanol–water partition coefficient (Wildman–Crippen LogP) is -1.59. The molecule has 11 nitrogen and oxygen atoms in total. The topological polar surface area (TPSA) is 167 Å². The highest BCUT2D eigenvalue weighted by atomic mass is 32.2. The zero-order chi connectivity index (χ0) is 24.3. The number of hydrogen-bond acceptors (Lipinski definition) is 10. The maximum absolute atomic E-state index is 12.9. The van der Waals surface area contributed by atoms with Gasteiger partial charge in [-0.3, -0.25) is 0 Å². The number of ether oxygens (including phenoxy) is 1. The van der Waals surface area contributed by atoms with E-state index in [0.29, 0.717) is 5.56 Å². The van der Waals surface area contributed by atoms with Gasteiger partial charge in [-0.1, -0.05) is 12.1 Å². The fraction of sp³-hybridized carbons (Fsp3) is 0.571. The van der Waals surface area contributed by atoms with Crippen molar-refractivity contribution in [1.29, 1.82) is 5.26 Å². The highest BCUT2D eigenvalue weighted by Gasteiger charge is 2.45. The summed E-state index contributed by atoms with van der Waals surface area (Å²) in [7, 11) is -2.43. The van der Waals surface area contributed by atoms with Crippen LogP contribution in [0.2, 0.25) is 0 Å². The summed E-state index contributed by atoms with van der Waals surface area (Å²) < 4.78 is 32.9. The summed E-state index contributed by atoms with van der Waals surface area (Å²) in [5.74, 6) is 0. The maximum Gasteiger partial charge on any atom is 0.251 e. The van der Waals surface area contributed by atoms with E-state index in [0.717, 1.165) is 31.9 Å². The van der Waals surface area contributed by atoms with Crippen molar-refractivity contribution in [1.82, 2.24) is 9.62 Å². The number of aliphatic hydroxyl groups is 4. The molecule has 3 rings (SSSR count).